The molecule has 37 heavy (non-hydrogen) atoms. The number of barbiturate groups is 1. The molecule has 0 radical (unpaired) electrons. The molecule has 0 aliphatic carbocycles. The quantitative estimate of drug-likeness (QED) is 0.286. The molecular formula is C28H24BrFN2O5. The summed E-state index contributed by atoms with van der Waals surface area (Å²) in [6.45, 7) is 5.71. The van der Waals surface area contributed by atoms with Crippen molar-refractivity contribution in [3.05, 3.63) is 92.7 Å². The normalized spacial score (nSPS) is 14.7. The van der Waals surface area contributed by atoms with Crippen molar-refractivity contribution in [2.75, 3.05) is 11.5 Å². The van der Waals surface area contributed by atoms with Crippen LogP contribution in [0.1, 0.15) is 29.2 Å². The SMILES string of the molecule is CCOc1cc(/C=C2\C(=O)NC(=O)N(c3cc(C)ccc3C)C2=O)cc(Br)c1OCc1ccccc1F. The number of amides is 4. The fourth-order valence-corrected chi connectivity index (χ4v) is 4.42. The van der Waals surface area contributed by atoms with Crippen LogP contribution in [0.4, 0.5) is 14.9 Å². The second-order valence-corrected chi connectivity index (χ2v) is 9.25. The van der Waals surface area contributed by atoms with Crippen LogP contribution in [0.5, 0.6) is 11.5 Å². The maximum absolute atomic E-state index is 14.0. The van der Waals surface area contributed by atoms with Gasteiger partial charge in [-0.2, -0.15) is 0 Å². The number of imide groups is 2. The van der Waals surface area contributed by atoms with Crippen molar-refractivity contribution < 1.29 is 28.2 Å². The molecule has 0 atom stereocenters. The Morgan fingerprint density at radius 3 is 2.51 bits per heavy atom. The van der Waals surface area contributed by atoms with Gasteiger partial charge in [0.05, 0.1) is 16.8 Å². The summed E-state index contributed by atoms with van der Waals surface area (Å²) >= 11 is 3.45. The predicted octanol–water partition coefficient (Wildman–Crippen LogP) is 5.85. The van der Waals surface area contributed by atoms with Gasteiger partial charge < -0.3 is 9.47 Å². The molecule has 1 saturated heterocycles. The Hall–Kier alpha value is -3.98. The number of urea groups is 1. The average Bonchev–Trinajstić information content (AvgIpc) is 2.84. The molecular weight excluding hydrogens is 543 g/mol. The monoisotopic (exact) mass is 566 g/mol. The number of aryl methyl sites for hydroxylation is 2. The van der Waals surface area contributed by atoms with Crippen molar-refractivity contribution in [2.24, 2.45) is 0 Å². The molecule has 3 aromatic carbocycles. The largest absolute Gasteiger partial charge is 0.490 e. The number of halogens is 2. The Balaban J connectivity index is 1.69. The summed E-state index contributed by atoms with van der Waals surface area (Å²) < 4.78 is 26.1. The average molecular weight is 567 g/mol. The number of anilines is 1. The standard InChI is InChI=1S/C28H24BrFN2O5/c1-4-36-24-14-18(13-21(29)25(24)37-15-19-7-5-6-8-22(19)30)12-20-26(33)31-28(35)32(27(20)34)23-11-16(2)9-10-17(23)3/h5-14H,4,15H2,1-3H3,(H,31,33,35)/b20-12+. The van der Waals surface area contributed by atoms with E-state index in [1.54, 1.807) is 56.3 Å². The van der Waals surface area contributed by atoms with Crippen molar-refractivity contribution in [2.45, 2.75) is 27.4 Å². The molecule has 0 aromatic heterocycles. The van der Waals surface area contributed by atoms with E-state index in [0.717, 1.165) is 10.5 Å². The number of hydrogen-bond donors (Lipinski definition) is 1. The minimum Gasteiger partial charge on any atom is -0.490 e. The third kappa shape index (κ3) is 5.56. The maximum atomic E-state index is 14.0. The molecule has 4 rings (SSSR count). The fraction of sp³-hybridized carbons (Fsp3) is 0.179. The summed E-state index contributed by atoms with van der Waals surface area (Å²) in [7, 11) is 0. The maximum Gasteiger partial charge on any atom is 0.335 e. The summed E-state index contributed by atoms with van der Waals surface area (Å²) in [6, 6.07) is 14.1. The number of ether oxygens (including phenoxy) is 2. The van der Waals surface area contributed by atoms with Crippen LogP contribution in [0.25, 0.3) is 6.08 Å². The van der Waals surface area contributed by atoms with Gasteiger partial charge in [-0.25, -0.2) is 14.1 Å². The van der Waals surface area contributed by atoms with Crippen LogP contribution in [0.3, 0.4) is 0 Å². The Kier molecular flexibility index (Phi) is 7.73. The highest BCUT2D eigenvalue weighted by Gasteiger charge is 2.37. The molecule has 1 fully saturated rings. The molecule has 1 aliphatic heterocycles. The van der Waals surface area contributed by atoms with Crippen molar-refractivity contribution in [1.29, 1.82) is 0 Å². The van der Waals surface area contributed by atoms with Crippen LogP contribution in [-0.4, -0.2) is 24.5 Å². The summed E-state index contributed by atoms with van der Waals surface area (Å²) in [5.41, 5.74) is 2.59. The van der Waals surface area contributed by atoms with Crippen molar-refractivity contribution >= 4 is 45.5 Å². The number of hydrogen-bond acceptors (Lipinski definition) is 5. The van der Waals surface area contributed by atoms with Crippen LogP contribution in [0.15, 0.2) is 64.6 Å². The zero-order chi connectivity index (χ0) is 26.7. The second kappa shape index (κ2) is 11.0. The highest BCUT2D eigenvalue weighted by atomic mass is 79.9. The molecule has 4 amide bonds. The molecule has 1 aliphatic rings. The molecule has 0 spiro atoms. The number of rotatable bonds is 7. The molecule has 3 aromatic rings. The Morgan fingerprint density at radius 1 is 1.03 bits per heavy atom. The summed E-state index contributed by atoms with van der Waals surface area (Å²) in [5.74, 6) is -1.24. The summed E-state index contributed by atoms with van der Waals surface area (Å²) in [4.78, 5) is 39.6. The van der Waals surface area contributed by atoms with E-state index in [-0.39, 0.29) is 18.0 Å². The molecule has 190 valence electrons. The number of carbonyl (C=O) groups excluding carboxylic acids is 3. The van der Waals surface area contributed by atoms with Gasteiger partial charge in [-0.15, -0.1) is 0 Å². The van der Waals surface area contributed by atoms with Crippen LogP contribution >= 0.6 is 15.9 Å². The van der Waals surface area contributed by atoms with Gasteiger partial charge >= 0.3 is 6.03 Å². The van der Waals surface area contributed by atoms with Crippen molar-refractivity contribution in [3.63, 3.8) is 0 Å². The van der Waals surface area contributed by atoms with Gasteiger partial charge in [0, 0.05) is 5.56 Å². The molecule has 0 saturated carbocycles. The lowest BCUT2D eigenvalue weighted by Crippen LogP contribution is -2.54. The first-order valence-electron chi connectivity index (χ1n) is 11.5. The minimum absolute atomic E-state index is 0.0282. The van der Waals surface area contributed by atoms with Crippen LogP contribution in [0.2, 0.25) is 0 Å². The van der Waals surface area contributed by atoms with Crippen LogP contribution in [0, 0.1) is 19.7 Å². The Labute approximate surface area is 222 Å². The van der Waals surface area contributed by atoms with Gasteiger partial charge in [0.2, 0.25) is 0 Å². The Bertz CT molecular complexity index is 1440. The van der Waals surface area contributed by atoms with E-state index < -0.39 is 17.8 Å². The Morgan fingerprint density at radius 2 is 1.78 bits per heavy atom. The molecule has 1 N–H and O–H groups in total. The molecule has 9 heteroatoms. The highest BCUT2D eigenvalue weighted by molar-refractivity contribution is 9.10. The molecule has 7 nitrogen and oxygen atoms in total. The topological polar surface area (TPSA) is 84.9 Å². The molecule has 0 bridgehead atoms. The number of nitrogens with zero attached hydrogens (tertiary/aromatic N) is 1. The summed E-state index contributed by atoms with van der Waals surface area (Å²) in [6.07, 6.45) is 1.39. The van der Waals surface area contributed by atoms with Gasteiger partial charge in [0.25, 0.3) is 11.8 Å². The first-order chi connectivity index (χ1) is 17.7. The van der Waals surface area contributed by atoms with Crippen molar-refractivity contribution in [3.8, 4) is 11.5 Å². The zero-order valence-electron chi connectivity index (χ0n) is 20.4. The van der Waals surface area contributed by atoms with Gasteiger partial charge in [0.15, 0.2) is 11.5 Å². The minimum atomic E-state index is -0.811. The fourth-order valence-electron chi connectivity index (χ4n) is 3.84. The second-order valence-electron chi connectivity index (χ2n) is 8.39. The van der Waals surface area contributed by atoms with E-state index in [9.17, 15) is 18.8 Å². The molecule has 0 unspecified atom stereocenters. The number of carbonyl (C=O) groups is 3. The van der Waals surface area contributed by atoms with E-state index in [1.165, 1.54) is 12.1 Å². The number of benzene rings is 3. The van der Waals surface area contributed by atoms with Crippen molar-refractivity contribution in [1.82, 2.24) is 5.32 Å². The van der Waals surface area contributed by atoms with Gasteiger partial charge in [0.1, 0.15) is 18.0 Å². The van der Waals surface area contributed by atoms with E-state index in [2.05, 4.69) is 21.2 Å². The predicted molar refractivity (Wildman–Crippen MR) is 141 cm³/mol. The van der Waals surface area contributed by atoms with Gasteiger partial charge in [-0.3, -0.25) is 14.9 Å². The molecule has 1 heterocycles. The lowest BCUT2D eigenvalue weighted by Gasteiger charge is -2.28. The smallest absolute Gasteiger partial charge is 0.335 e. The highest BCUT2D eigenvalue weighted by Crippen LogP contribution is 2.38. The lowest BCUT2D eigenvalue weighted by atomic mass is 10.0. The summed E-state index contributed by atoms with van der Waals surface area (Å²) in [5, 5.41) is 2.24. The zero-order valence-corrected chi connectivity index (χ0v) is 22.0. The number of nitrogens with one attached hydrogen (secondary N) is 1. The van der Waals surface area contributed by atoms with Gasteiger partial charge in [-0.1, -0.05) is 30.3 Å². The third-order valence-corrected chi connectivity index (χ3v) is 6.27. The third-order valence-electron chi connectivity index (χ3n) is 5.68. The van der Waals surface area contributed by atoms with E-state index in [4.69, 9.17) is 9.47 Å². The van der Waals surface area contributed by atoms with E-state index in [1.807, 2.05) is 13.0 Å². The van der Waals surface area contributed by atoms with Crippen LogP contribution < -0.4 is 19.7 Å². The van der Waals surface area contributed by atoms with E-state index in [0.29, 0.717) is 45.0 Å². The van der Waals surface area contributed by atoms with Gasteiger partial charge in [-0.05, 0) is 83.7 Å². The van der Waals surface area contributed by atoms with Crippen LogP contribution in [-0.2, 0) is 16.2 Å². The first-order valence-corrected chi connectivity index (χ1v) is 12.3. The lowest BCUT2D eigenvalue weighted by molar-refractivity contribution is -0.122. The first kappa shape index (κ1) is 26.1. The van der Waals surface area contributed by atoms with E-state index >= 15 is 0 Å².